The zero-order chi connectivity index (χ0) is 25.3. The number of hydrogen-bond donors (Lipinski definition) is 1. The van der Waals surface area contributed by atoms with Crippen LogP contribution in [0.15, 0.2) is 18.3 Å². The Balaban J connectivity index is 1.21. The molecule has 6 rings (SSSR count). The first kappa shape index (κ1) is 24.4. The van der Waals surface area contributed by atoms with E-state index in [-0.39, 0.29) is 17.5 Å². The van der Waals surface area contributed by atoms with Crippen LogP contribution >= 0.6 is 0 Å². The van der Waals surface area contributed by atoms with E-state index in [0.29, 0.717) is 42.7 Å². The minimum Gasteiger partial charge on any atom is -0.351 e. The third-order valence-electron chi connectivity index (χ3n) is 9.04. The van der Waals surface area contributed by atoms with Gasteiger partial charge in [-0.1, -0.05) is 0 Å². The Bertz CT molecular complexity index is 1270. The smallest absolute Gasteiger partial charge is 0.263 e. The van der Waals surface area contributed by atoms with Crippen molar-refractivity contribution in [2.75, 3.05) is 38.5 Å². The fraction of sp³-hybridized carbons (Fsp3) is 0.692. The molecule has 1 unspecified atom stereocenters. The molecule has 4 fully saturated rings. The highest BCUT2D eigenvalue weighted by Gasteiger charge is 2.53. The van der Waals surface area contributed by atoms with E-state index >= 15 is 0 Å². The molecule has 0 amide bonds. The summed E-state index contributed by atoms with van der Waals surface area (Å²) in [6, 6.07) is 3.25. The topological polar surface area (TPSA) is 78.4 Å². The number of alkyl halides is 2. The van der Waals surface area contributed by atoms with Gasteiger partial charge in [-0.25, -0.2) is 31.5 Å². The average Bonchev–Trinajstić information content (AvgIpc) is 3.45. The Morgan fingerprint density at radius 3 is 2.47 bits per heavy atom. The highest BCUT2D eigenvalue weighted by molar-refractivity contribution is 7.90. The molecule has 4 aliphatic rings. The second kappa shape index (κ2) is 8.56. The molecule has 3 heterocycles. The number of likely N-dealkylation sites (tertiary alicyclic amines) is 1. The van der Waals surface area contributed by atoms with Gasteiger partial charge in [0.1, 0.15) is 0 Å². The number of halogens is 2. The summed E-state index contributed by atoms with van der Waals surface area (Å²) >= 11 is 0. The summed E-state index contributed by atoms with van der Waals surface area (Å²) in [6.45, 7) is 4.97. The third kappa shape index (κ3) is 4.19. The lowest BCUT2D eigenvalue weighted by molar-refractivity contribution is 0.0276. The Hall–Kier alpha value is -1.91. The number of benzene rings is 1. The van der Waals surface area contributed by atoms with Gasteiger partial charge in [0.2, 0.25) is 16.0 Å². The Morgan fingerprint density at radius 2 is 1.83 bits per heavy atom. The molecule has 2 aromatic rings. The molecule has 2 aliphatic carbocycles. The van der Waals surface area contributed by atoms with E-state index in [1.54, 1.807) is 16.6 Å². The molecule has 36 heavy (non-hydrogen) atoms. The maximum absolute atomic E-state index is 13.7. The number of anilines is 1. The minimum absolute atomic E-state index is 0.0337. The monoisotopic (exact) mass is 519 g/mol. The fourth-order valence-electron chi connectivity index (χ4n) is 6.73. The number of fused-ring (bicyclic) bond motifs is 1. The number of piperidine rings is 1. The summed E-state index contributed by atoms with van der Waals surface area (Å²) in [4.78, 5) is 11.6. The van der Waals surface area contributed by atoms with E-state index in [2.05, 4.69) is 22.2 Å². The van der Waals surface area contributed by atoms with Crippen molar-refractivity contribution in [3.05, 3.63) is 29.5 Å². The highest BCUT2D eigenvalue weighted by atomic mass is 32.2. The summed E-state index contributed by atoms with van der Waals surface area (Å²) in [6.07, 6.45) is 5.11. The lowest BCUT2D eigenvalue weighted by Gasteiger charge is -2.46. The molecule has 2 saturated heterocycles. The van der Waals surface area contributed by atoms with Gasteiger partial charge in [0.15, 0.2) is 0 Å². The zero-order valence-electron chi connectivity index (χ0n) is 21.0. The van der Waals surface area contributed by atoms with Gasteiger partial charge in [-0.05, 0) is 87.9 Å². The summed E-state index contributed by atoms with van der Waals surface area (Å²) in [7, 11) is -1.11. The van der Waals surface area contributed by atoms with Crippen LogP contribution in [0.3, 0.4) is 0 Å². The van der Waals surface area contributed by atoms with Gasteiger partial charge >= 0.3 is 0 Å². The Kier molecular flexibility index (Phi) is 5.81. The maximum atomic E-state index is 13.7. The number of nitrogens with zero attached hydrogens (tertiary/aromatic N) is 4. The lowest BCUT2D eigenvalue weighted by atomic mass is 9.77. The van der Waals surface area contributed by atoms with Gasteiger partial charge in [0.05, 0.1) is 10.3 Å². The molecule has 1 aromatic heterocycles. The first-order chi connectivity index (χ1) is 17.1. The van der Waals surface area contributed by atoms with Gasteiger partial charge < -0.3 is 10.2 Å². The van der Waals surface area contributed by atoms with Crippen molar-refractivity contribution in [2.24, 2.45) is 5.41 Å². The number of aromatic nitrogens is 2. The summed E-state index contributed by atoms with van der Waals surface area (Å²) in [5, 5.41) is 4.05. The fourth-order valence-corrected chi connectivity index (χ4v) is 8.66. The number of hydrogen-bond acceptors (Lipinski definition) is 6. The van der Waals surface area contributed by atoms with E-state index in [4.69, 9.17) is 4.98 Å². The Morgan fingerprint density at radius 1 is 1.11 bits per heavy atom. The van der Waals surface area contributed by atoms with Crippen molar-refractivity contribution in [1.29, 1.82) is 0 Å². The first-order valence-corrected chi connectivity index (χ1v) is 14.6. The van der Waals surface area contributed by atoms with Crippen molar-refractivity contribution in [1.82, 2.24) is 19.2 Å². The average molecular weight is 520 g/mol. The van der Waals surface area contributed by atoms with E-state index < -0.39 is 21.2 Å². The number of rotatable bonds is 6. The molecule has 0 radical (unpaired) electrons. The van der Waals surface area contributed by atoms with Crippen LogP contribution in [0.4, 0.5) is 14.7 Å². The second-order valence-corrected chi connectivity index (χ2v) is 14.4. The van der Waals surface area contributed by atoms with Crippen LogP contribution in [0, 0.1) is 5.41 Å². The summed E-state index contributed by atoms with van der Waals surface area (Å²) in [5.74, 6) is 0.708. The van der Waals surface area contributed by atoms with Gasteiger partial charge in [-0.3, -0.25) is 0 Å². The predicted octanol–water partition coefficient (Wildman–Crippen LogP) is 4.53. The first-order valence-electron chi connectivity index (χ1n) is 13.1. The normalized spacial score (nSPS) is 26.5. The minimum atomic E-state index is -3.24. The lowest BCUT2D eigenvalue weighted by Crippen LogP contribution is -2.52. The zero-order valence-corrected chi connectivity index (χ0v) is 21.8. The SMILES string of the molecule is CN1CC2(CCC(c3cc(C(F)F)cc4cnc(NC5CCN(S(=O)(=O)C6(C)CC6)CC5)nc34)C2)C1. The predicted molar refractivity (Wildman–Crippen MR) is 136 cm³/mol. The molecule has 7 nitrogen and oxygen atoms in total. The van der Waals surface area contributed by atoms with Crippen LogP contribution in [0.5, 0.6) is 0 Å². The van der Waals surface area contributed by atoms with Crippen molar-refractivity contribution in [3.63, 3.8) is 0 Å². The second-order valence-electron chi connectivity index (χ2n) is 11.9. The van der Waals surface area contributed by atoms with Crippen LogP contribution in [0.2, 0.25) is 0 Å². The van der Waals surface area contributed by atoms with Crippen LogP contribution in [0.25, 0.3) is 10.9 Å². The quantitative estimate of drug-likeness (QED) is 0.605. The molecule has 10 heteroatoms. The molecule has 1 N–H and O–H groups in total. The van der Waals surface area contributed by atoms with E-state index in [1.165, 1.54) is 6.07 Å². The highest BCUT2D eigenvalue weighted by Crippen LogP contribution is 2.52. The van der Waals surface area contributed by atoms with Crippen molar-refractivity contribution < 1.29 is 17.2 Å². The number of nitrogens with one attached hydrogen (secondary N) is 1. The maximum Gasteiger partial charge on any atom is 0.263 e. The van der Waals surface area contributed by atoms with Gasteiger partial charge in [0, 0.05) is 49.4 Å². The van der Waals surface area contributed by atoms with Crippen LogP contribution < -0.4 is 5.32 Å². The summed E-state index contributed by atoms with van der Waals surface area (Å²) < 4.78 is 54.2. The molecular weight excluding hydrogens is 484 g/mol. The molecule has 2 aliphatic heterocycles. The van der Waals surface area contributed by atoms with Crippen LogP contribution in [-0.2, 0) is 10.0 Å². The van der Waals surface area contributed by atoms with Crippen molar-refractivity contribution >= 4 is 26.9 Å². The molecule has 0 bridgehead atoms. The molecule has 1 atom stereocenters. The molecular formula is C26H35F2N5O2S. The third-order valence-corrected chi connectivity index (χ3v) is 11.7. The molecule has 2 saturated carbocycles. The molecule has 196 valence electrons. The van der Waals surface area contributed by atoms with E-state index in [1.807, 2.05) is 6.92 Å². The van der Waals surface area contributed by atoms with Crippen molar-refractivity contribution in [3.8, 4) is 0 Å². The van der Waals surface area contributed by atoms with E-state index in [0.717, 1.165) is 56.3 Å². The van der Waals surface area contributed by atoms with E-state index in [9.17, 15) is 17.2 Å². The van der Waals surface area contributed by atoms with Gasteiger partial charge in [0.25, 0.3) is 6.43 Å². The Labute approximate surface area is 211 Å². The van der Waals surface area contributed by atoms with Crippen LogP contribution in [-0.4, -0.2) is 71.6 Å². The van der Waals surface area contributed by atoms with Crippen molar-refractivity contribution in [2.45, 2.75) is 75.0 Å². The largest absolute Gasteiger partial charge is 0.351 e. The molecule has 1 aromatic carbocycles. The van der Waals surface area contributed by atoms with Crippen LogP contribution in [0.1, 0.15) is 75.3 Å². The van der Waals surface area contributed by atoms with Gasteiger partial charge in [-0.2, -0.15) is 0 Å². The van der Waals surface area contributed by atoms with Gasteiger partial charge in [-0.15, -0.1) is 0 Å². The number of sulfonamides is 1. The standard InChI is InChI=1S/C26H35F2N5O2S/c1-25(7-8-25)36(34,35)33-9-4-20(5-10-33)30-24-29-14-19-11-18(23(27)28)12-21(22(19)31-24)17-3-6-26(13-17)15-32(2)16-26/h11-12,14,17,20,23H,3-10,13,15-16H2,1-2H3,(H,29,30,31). The summed E-state index contributed by atoms with van der Waals surface area (Å²) in [5.41, 5.74) is 2.02. The molecule has 1 spiro atoms.